The highest BCUT2D eigenvalue weighted by molar-refractivity contribution is 9.10. The molecule has 0 aliphatic carbocycles. The molecule has 0 saturated carbocycles. The first-order valence-corrected chi connectivity index (χ1v) is 10.5. The number of H-pyrrole nitrogens is 1. The minimum Gasteiger partial charge on any atom is -0.493 e. The van der Waals surface area contributed by atoms with Gasteiger partial charge >= 0.3 is 0 Å². The van der Waals surface area contributed by atoms with E-state index in [0.29, 0.717) is 29.0 Å². The van der Waals surface area contributed by atoms with Crippen LogP contribution in [0.5, 0.6) is 11.5 Å². The third-order valence-corrected chi connectivity index (χ3v) is 5.59. The number of para-hydroxylation sites is 1. The second-order valence-electron chi connectivity index (χ2n) is 6.16. The van der Waals surface area contributed by atoms with E-state index in [-0.39, 0.29) is 11.7 Å². The van der Waals surface area contributed by atoms with Crippen LogP contribution in [0.2, 0.25) is 0 Å². The molecule has 152 valence electrons. The Kier molecular flexibility index (Phi) is 7.16. The number of nitrogens with zero attached hydrogens (tertiary/aromatic N) is 3. The Morgan fingerprint density at radius 1 is 1.17 bits per heavy atom. The molecule has 9 heteroatoms. The van der Waals surface area contributed by atoms with Gasteiger partial charge in [0.25, 0.3) is 0 Å². The second kappa shape index (κ2) is 9.80. The van der Waals surface area contributed by atoms with Gasteiger partial charge in [0, 0.05) is 29.2 Å². The van der Waals surface area contributed by atoms with E-state index in [1.165, 1.54) is 11.8 Å². The van der Waals surface area contributed by atoms with Crippen LogP contribution in [0.1, 0.15) is 5.56 Å². The van der Waals surface area contributed by atoms with Gasteiger partial charge < -0.3 is 14.4 Å². The Morgan fingerprint density at radius 3 is 2.62 bits per heavy atom. The van der Waals surface area contributed by atoms with E-state index in [2.05, 4.69) is 31.1 Å². The van der Waals surface area contributed by atoms with Crippen LogP contribution in [0, 0.1) is 0 Å². The van der Waals surface area contributed by atoms with Gasteiger partial charge in [-0.15, -0.1) is 5.10 Å². The third kappa shape index (κ3) is 5.30. The van der Waals surface area contributed by atoms with Crippen molar-refractivity contribution in [2.75, 3.05) is 27.0 Å². The molecule has 1 aromatic heterocycles. The van der Waals surface area contributed by atoms with Crippen molar-refractivity contribution in [3.8, 4) is 22.9 Å². The number of ether oxygens (including phenoxy) is 2. The molecular formula is C20H21BrN4O3S. The van der Waals surface area contributed by atoms with Crippen LogP contribution in [-0.2, 0) is 11.3 Å². The lowest BCUT2D eigenvalue weighted by molar-refractivity contribution is -0.127. The number of benzene rings is 2. The number of aromatic amines is 1. The summed E-state index contributed by atoms with van der Waals surface area (Å²) in [5.41, 5.74) is 1.81. The molecule has 0 aliphatic heterocycles. The van der Waals surface area contributed by atoms with Gasteiger partial charge in [-0.2, -0.15) is 0 Å². The second-order valence-corrected chi connectivity index (χ2v) is 8.02. The fourth-order valence-corrected chi connectivity index (χ4v) is 3.71. The first-order chi connectivity index (χ1) is 14.0. The molecular weight excluding hydrogens is 456 g/mol. The normalized spacial score (nSPS) is 10.6. The molecule has 1 amide bonds. The third-order valence-electron chi connectivity index (χ3n) is 4.23. The van der Waals surface area contributed by atoms with E-state index in [1.54, 1.807) is 26.2 Å². The van der Waals surface area contributed by atoms with Crippen molar-refractivity contribution in [3.05, 3.63) is 52.5 Å². The largest absolute Gasteiger partial charge is 0.493 e. The number of hydrogen-bond acceptors (Lipinski definition) is 6. The van der Waals surface area contributed by atoms with E-state index < -0.39 is 0 Å². The van der Waals surface area contributed by atoms with Crippen LogP contribution in [0.4, 0.5) is 0 Å². The van der Waals surface area contributed by atoms with Crippen LogP contribution in [-0.4, -0.2) is 53.0 Å². The van der Waals surface area contributed by atoms with Crippen molar-refractivity contribution in [1.82, 2.24) is 20.1 Å². The number of halogens is 1. The molecule has 0 fully saturated rings. The lowest BCUT2D eigenvalue weighted by Gasteiger charge is -2.19. The number of carbonyl (C=O) groups is 1. The zero-order valence-corrected chi connectivity index (χ0v) is 18.7. The molecule has 0 bridgehead atoms. The highest BCUT2D eigenvalue weighted by Crippen LogP contribution is 2.31. The summed E-state index contributed by atoms with van der Waals surface area (Å²) in [5, 5.41) is 7.63. The fraction of sp³-hybridized carbons (Fsp3) is 0.250. The molecule has 0 spiro atoms. The smallest absolute Gasteiger partial charge is 0.233 e. The van der Waals surface area contributed by atoms with Crippen molar-refractivity contribution >= 4 is 33.6 Å². The number of rotatable bonds is 8. The summed E-state index contributed by atoms with van der Waals surface area (Å²) < 4.78 is 11.7. The number of thioether (sulfide) groups is 1. The molecule has 0 aliphatic rings. The number of aromatic nitrogens is 3. The summed E-state index contributed by atoms with van der Waals surface area (Å²) in [4.78, 5) is 18.6. The van der Waals surface area contributed by atoms with Crippen molar-refractivity contribution in [3.63, 3.8) is 0 Å². The number of amides is 1. The Balaban J connectivity index is 1.59. The molecule has 0 saturated heterocycles. The van der Waals surface area contributed by atoms with E-state index in [4.69, 9.17) is 9.47 Å². The van der Waals surface area contributed by atoms with Gasteiger partial charge in [0.15, 0.2) is 17.3 Å². The van der Waals surface area contributed by atoms with E-state index in [1.807, 2.05) is 42.5 Å². The lowest BCUT2D eigenvalue weighted by Crippen LogP contribution is -2.28. The molecule has 0 unspecified atom stereocenters. The van der Waals surface area contributed by atoms with Crippen molar-refractivity contribution in [2.45, 2.75) is 11.7 Å². The summed E-state index contributed by atoms with van der Waals surface area (Å²) in [5.74, 6) is 2.15. The molecule has 2 aromatic carbocycles. The zero-order chi connectivity index (χ0) is 20.8. The molecule has 7 nitrogen and oxygen atoms in total. The van der Waals surface area contributed by atoms with Gasteiger partial charge in [-0.1, -0.05) is 52.0 Å². The van der Waals surface area contributed by atoms with Gasteiger partial charge in [0.1, 0.15) is 0 Å². The SMILES string of the molecule is COc1cccc(CN(C)C(=O)CSc2n[nH]c(-c3ccc(Br)cc3)n2)c1OC. The highest BCUT2D eigenvalue weighted by atomic mass is 79.9. The average molecular weight is 477 g/mol. The first-order valence-electron chi connectivity index (χ1n) is 8.76. The first kappa shape index (κ1) is 21.2. The van der Waals surface area contributed by atoms with Crippen LogP contribution in [0.15, 0.2) is 52.1 Å². The predicted molar refractivity (Wildman–Crippen MR) is 116 cm³/mol. The maximum absolute atomic E-state index is 12.6. The summed E-state index contributed by atoms with van der Waals surface area (Å²) in [7, 11) is 4.94. The monoisotopic (exact) mass is 476 g/mol. The van der Waals surface area contributed by atoms with Gasteiger partial charge in [0.05, 0.1) is 20.0 Å². The van der Waals surface area contributed by atoms with Gasteiger partial charge in [-0.25, -0.2) is 4.98 Å². The molecule has 0 radical (unpaired) electrons. The molecule has 3 aromatic rings. The molecule has 3 rings (SSSR count). The van der Waals surface area contributed by atoms with Crippen molar-refractivity contribution in [2.24, 2.45) is 0 Å². The molecule has 1 N–H and O–H groups in total. The van der Waals surface area contributed by atoms with Gasteiger partial charge in [-0.3, -0.25) is 9.89 Å². The number of hydrogen-bond donors (Lipinski definition) is 1. The Bertz CT molecular complexity index is 978. The van der Waals surface area contributed by atoms with Crippen LogP contribution in [0.3, 0.4) is 0 Å². The lowest BCUT2D eigenvalue weighted by atomic mass is 10.1. The molecule has 0 atom stereocenters. The van der Waals surface area contributed by atoms with Crippen molar-refractivity contribution in [1.29, 1.82) is 0 Å². The number of carbonyl (C=O) groups excluding carboxylic acids is 1. The summed E-state index contributed by atoms with van der Waals surface area (Å²) in [6.07, 6.45) is 0. The minimum absolute atomic E-state index is 0.0325. The van der Waals surface area contributed by atoms with Gasteiger partial charge in [0.2, 0.25) is 11.1 Å². The Labute approximate surface area is 181 Å². The maximum atomic E-state index is 12.6. The molecule has 1 heterocycles. The van der Waals surface area contributed by atoms with Gasteiger partial charge in [-0.05, 0) is 18.2 Å². The minimum atomic E-state index is -0.0325. The van der Waals surface area contributed by atoms with Crippen molar-refractivity contribution < 1.29 is 14.3 Å². The van der Waals surface area contributed by atoms with E-state index in [9.17, 15) is 4.79 Å². The fourth-order valence-electron chi connectivity index (χ4n) is 2.71. The predicted octanol–water partition coefficient (Wildman–Crippen LogP) is 4.00. The Hall–Kier alpha value is -2.52. The Morgan fingerprint density at radius 2 is 1.93 bits per heavy atom. The van der Waals surface area contributed by atoms with Crippen LogP contribution < -0.4 is 9.47 Å². The quantitative estimate of drug-likeness (QED) is 0.494. The van der Waals surface area contributed by atoms with E-state index >= 15 is 0 Å². The van der Waals surface area contributed by atoms with Crippen LogP contribution in [0.25, 0.3) is 11.4 Å². The maximum Gasteiger partial charge on any atom is 0.233 e. The zero-order valence-electron chi connectivity index (χ0n) is 16.3. The standard InChI is InChI=1S/C20H21BrN4O3S/c1-25(11-14-5-4-6-16(27-2)18(14)28-3)17(26)12-29-20-22-19(23-24-20)13-7-9-15(21)10-8-13/h4-10H,11-12H2,1-3H3,(H,22,23,24). The summed E-state index contributed by atoms with van der Waals surface area (Å²) >= 11 is 4.70. The number of nitrogens with one attached hydrogen (secondary N) is 1. The highest BCUT2D eigenvalue weighted by Gasteiger charge is 2.16. The van der Waals surface area contributed by atoms with E-state index in [0.717, 1.165) is 15.6 Å². The summed E-state index contributed by atoms with van der Waals surface area (Å²) in [6, 6.07) is 13.4. The average Bonchev–Trinajstić information content (AvgIpc) is 3.21. The summed E-state index contributed by atoms with van der Waals surface area (Å²) in [6.45, 7) is 0.415. The topological polar surface area (TPSA) is 80.3 Å². The molecule has 29 heavy (non-hydrogen) atoms. The number of methoxy groups -OCH3 is 2. The van der Waals surface area contributed by atoms with Crippen LogP contribution >= 0.6 is 27.7 Å².